The van der Waals surface area contributed by atoms with Gasteiger partial charge in [0.1, 0.15) is 5.84 Å². The lowest BCUT2D eigenvalue weighted by Gasteiger charge is -2.38. The molecule has 6 nitrogen and oxygen atoms in total. The molecule has 2 aliphatic heterocycles. The lowest BCUT2D eigenvalue weighted by Crippen LogP contribution is -2.45. The second kappa shape index (κ2) is 17.0. The number of nitrogens with zero attached hydrogens (tertiary/aromatic N) is 3. The molecule has 328 valence electrons. The Morgan fingerprint density at radius 2 is 0.868 bits per heavy atom. The minimum absolute atomic E-state index is 0.0282. The maximum absolute atomic E-state index is 5.25. The van der Waals surface area contributed by atoms with Crippen LogP contribution in [0.3, 0.4) is 0 Å². The number of benzene rings is 9. The molecular weight excluding hydrogens is 829 g/mol. The summed E-state index contributed by atoms with van der Waals surface area (Å²) in [5.74, 6) is 0.937. The van der Waals surface area contributed by atoms with Gasteiger partial charge in [0.25, 0.3) is 0 Å². The zero-order valence-electron chi connectivity index (χ0n) is 37.6. The van der Waals surface area contributed by atoms with E-state index in [0.717, 1.165) is 35.6 Å². The van der Waals surface area contributed by atoms with E-state index < -0.39 is 0 Å². The molecule has 1 fully saturated rings. The molecule has 4 heterocycles. The van der Waals surface area contributed by atoms with Crippen LogP contribution in [0.25, 0.3) is 55.0 Å². The third-order valence-corrected chi connectivity index (χ3v) is 14.4. The highest BCUT2D eigenvalue weighted by Crippen LogP contribution is 2.43. The minimum Gasteiger partial charge on any atom is -0.363 e. The summed E-state index contributed by atoms with van der Waals surface area (Å²) in [6, 6.07) is 84.3. The summed E-state index contributed by atoms with van der Waals surface area (Å²) >= 11 is 0. The fourth-order valence-corrected chi connectivity index (χ4v) is 11.1. The lowest BCUT2D eigenvalue weighted by atomic mass is 9.91. The van der Waals surface area contributed by atoms with Gasteiger partial charge in [-0.25, -0.2) is 0 Å². The first-order chi connectivity index (χ1) is 33.7. The van der Waals surface area contributed by atoms with Crippen molar-refractivity contribution in [2.45, 2.75) is 43.2 Å². The minimum atomic E-state index is 0.0282. The van der Waals surface area contributed by atoms with E-state index >= 15 is 0 Å². The Kier molecular flexibility index (Phi) is 10.1. The molecule has 0 saturated carbocycles. The molecule has 68 heavy (non-hydrogen) atoms. The first kappa shape index (κ1) is 40.3. The lowest BCUT2D eigenvalue weighted by molar-refractivity contribution is 0.247. The molecule has 1 saturated heterocycles. The molecule has 0 aliphatic carbocycles. The van der Waals surface area contributed by atoms with Crippen LogP contribution in [0.1, 0.15) is 76.6 Å². The van der Waals surface area contributed by atoms with Crippen LogP contribution in [0.2, 0.25) is 0 Å². The summed E-state index contributed by atoms with van der Waals surface area (Å²) in [4.78, 5) is 5.25. The van der Waals surface area contributed by atoms with E-state index in [4.69, 9.17) is 4.99 Å². The van der Waals surface area contributed by atoms with Crippen molar-refractivity contribution in [3.63, 3.8) is 0 Å². The molecule has 0 spiro atoms. The molecule has 3 N–H and O–H groups in total. The highest BCUT2D eigenvalue weighted by Gasteiger charge is 2.31. The van der Waals surface area contributed by atoms with Crippen molar-refractivity contribution in [1.82, 2.24) is 25.1 Å². The van der Waals surface area contributed by atoms with Crippen molar-refractivity contribution in [2.24, 2.45) is 4.99 Å². The summed E-state index contributed by atoms with van der Waals surface area (Å²) in [6.07, 6.45) is 1.84. The van der Waals surface area contributed by atoms with Gasteiger partial charge in [0, 0.05) is 50.6 Å². The zero-order chi connectivity index (χ0) is 45.0. The Morgan fingerprint density at radius 3 is 1.51 bits per heavy atom. The number of aliphatic imine (C=N–C) groups is 1. The Morgan fingerprint density at radius 1 is 0.368 bits per heavy atom. The van der Waals surface area contributed by atoms with Crippen LogP contribution >= 0.6 is 0 Å². The van der Waals surface area contributed by atoms with Crippen LogP contribution in [0.15, 0.2) is 236 Å². The Labute approximate surface area is 396 Å². The monoisotopic (exact) mass is 878 g/mol. The van der Waals surface area contributed by atoms with E-state index in [1.807, 2.05) is 0 Å². The fraction of sp³-hybridized carbons (Fsp3) is 0.113. The molecule has 0 amide bonds. The van der Waals surface area contributed by atoms with Crippen LogP contribution in [0.5, 0.6) is 0 Å². The first-order valence-electron chi connectivity index (χ1n) is 23.9. The number of para-hydroxylation sites is 2. The van der Waals surface area contributed by atoms with Gasteiger partial charge < -0.3 is 14.5 Å². The molecule has 2 aromatic heterocycles. The molecule has 6 heteroatoms. The first-order valence-corrected chi connectivity index (χ1v) is 23.9. The number of nitrogens with one attached hydrogen (secondary N) is 3. The molecule has 2 aliphatic rings. The van der Waals surface area contributed by atoms with Crippen LogP contribution in [0.4, 0.5) is 0 Å². The van der Waals surface area contributed by atoms with Crippen LogP contribution in [-0.2, 0) is 0 Å². The van der Waals surface area contributed by atoms with Gasteiger partial charge in [-0.15, -0.1) is 0 Å². The summed E-state index contributed by atoms with van der Waals surface area (Å²) in [7, 11) is 0. The van der Waals surface area contributed by atoms with E-state index in [2.05, 4.69) is 256 Å². The standard InChI is InChI=1S/C62H50N6/c1-5-17-41(18-6-1)52-39-54(65-61(63-52)45-21-9-3-10-22-45)43-29-33-47(34-30-43)67-57-28-16-14-26-51(57)59-58(67)38-37-50-49-25-13-15-27-56(49)68(60(50)59)48-35-31-44(32-36-48)55-40-53(42-19-7-2-8-20-42)64-62(66-55)46-23-11-4-12-24-46/h1-38,52-55,61,63,65H,39-40H2,(H,64,66). The van der Waals surface area contributed by atoms with Crippen molar-refractivity contribution in [1.29, 1.82) is 0 Å². The van der Waals surface area contributed by atoms with Gasteiger partial charge in [-0.1, -0.05) is 188 Å². The molecule has 9 aromatic carbocycles. The molecular formula is C62H50N6. The van der Waals surface area contributed by atoms with Gasteiger partial charge in [0.15, 0.2) is 0 Å². The molecule has 0 radical (unpaired) electrons. The van der Waals surface area contributed by atoms with Crippen LogP contribution < -0.4 is 16.0 Å². The van der Waals surface area contributed by atoms with Crippen molar-refractivity contribution in [3.8, 4) is 11.4 Å². The second-order valence-corrected chi connectivity index (χ2v) is 18.4. The number of aromatic nitrogens is 2. The fourth-order valence-electron chi connectivity index (χ4n) is 11.1. The average molecular weight is 879 g/mol. The highest BCUT2D eigenvalue weighted by molar-refractivity contribution is 6.26. The summed E-state index contributed by atoms with van der Waals surface area (Å²) in [6.45, 7) is 0. The summed E-state index contributed by atoms with van der Waals surface area (Å²) in [5.41, 5.74) is 14.5. The van der Waals surface area contributed by atoms with Gasteiger partial charge in [0.2, 0.25) is 0 Å². The molecule has 13 rings (SSSR count). The smallest absolute Gasteiger partial charge is 0.129 e. The van der Waals surface area contributed by atoms with Gasteiger partial charge in [0.05, 0.1) is 40.3 Å². The Bertz CT molecular complexity index is 3550. The molecule has 5 atom stereocenters. The van der Waals surface area contributed by atoms with Gasteiger partial charge in [-0.3, -0.25) is 15.6 Å². The quantitative estimate of drug-likeness (QED) is 0.143. The normalized spacial score (nSPS) is 19.6. The van der Waals surface area contributed by atoms with E-state index in [9.17, 15) is 0 Å². The van der Waals surface area contributed by atoms with Crippen molar-refractivity contribution >= 4 is 49.4 Å². The van der Waals surface area contributed by atoms with Crippen molar-refractivity contribution in [3.05, 3.63) is 264 Å². The summed E-state index contributed by atoms with van der Waals surface area (Å²) < 4.78 is 4.95. The van der Waals surface area contributed by atoms with Crippen LogP contribution in [0, 0.1) is 0 Å². The topological polar surface area (TPSA) is 58.3 Å². The van der Waals surface area contributed by atoms with E-state index in [1.54, 1.807) is 0 Å². The second-order valence-electron chi connectivity index (χ2n) is 18.4. The number of fused-ring (bicyclic) bond motifs is 7. The molecule has 11 aromatic rings. The SMILES string of the molecule is c1ccc(C2=NC(c3ccccc3)CC(c3ccc(-n4c5ccccc5c5ccc6c(c7ccccc7n6-c6ccc(C7CC(c8ccccc8)NC(c8ccccc8)N7)cc6)c54)cc3)N2)cc1. The van der Waals surface area contributed by atoms with E-state index in [-0.39, 0.29) is 30.3 Å². The number of hydrogen-bond acceptors (Lipinski definition) is 4. The van der Waals surface area contributed by atoms with Crippen LogP contribution in [-0.4, -0.2) is 15.0 Å². The third kappa shape index (κ3) is 7.08. The third-order valence-electron chi connectivity index (χ3n) is 14.4. The van der Waals surface area contributed by atoms with Crippen molar-refractivity contribution in [2.75, 3.05) is 0 Å². The number of amidine groups is 1. The molecule has 0 bridgehead atoms. The largest absolute Gasteiger partial charge is 0.363 e. The van der Waals surface area contributed by atoms with E-state index in [1.165, 1.54) is 71.4 Å². The zero-order valence-corrected chi connectivity index (χ0v) is 37.6. The summed E-state index contributed by atoms with van der Waals surface area (Å²) in [5, 5.41) is 16.7. The van der Waals surface area contributed by atoms with E-state index in [0.29, 0.717) is 0 Å². The maximum Gasteiger partial charge on any atom is 0.129 e. The Balaban J connectivity index is 0.891. The molecule has 5 unspecified atom stereocenters. The Hall–Kier alpha value is -8.03. The van der Waals surface area contributed by atoms with Crippen molar-refractivity contribution < 1.29 is 0 Å². The number of rotatable bonds is 8. The number of hydrogen-bond donors (Lipinski definition) is 3. The average Bonchev–Trinajstić information content (AvgIpc) is 3.95. The van der Waals surface area contributed by atoms with Gasteiger partial charge >= 0.3 is 0 Å². The highest BCUT2D eigenvalue weighted by atomic mass is 15.2. The predicted molar refractivity (Wildman–Crippen MR) is 280 cm³/mol. The van der Waals surface area contributed by atoms with Gasteiger partial charge in [-0.05, 0) is 83.1 Å². The predicted octanol–water partition coefficient (Wildman–Crippen LogP) is 14.2. The van der Waals surface area contributed by atoms with Gasteiger partial charge in [-0.2, -0.15) is 0 Å². The maximum atomic E-state index is 5.25.